The lowest BCUT2D eigenvalue weighted by molar-refractivity contribution is -0.134. The molecule has 154 valence electrons. The molecule has 0 amide bonds. The molecule has 0 spiro atoms. The Kier molecular flexibility index (Phi) is 4.27. The van der Waals surface area contributed by atoms with Gasteiger partial charge in [0.1, 0.15) is 12.1 Å². The van der Waals surface area contributed by atoms with Crippen LogP contribution in [0.2, 0.25) is 0 Å². The molecule has 7 nitrogen and oxygen atoms in total. The predicted octanol–water partition coefficient (Wildman–Crippen LogP) is 4.02. The van der Waals surface area contributed by atoms with Gasteiger partial charge in [0.2, 0.25) is 0 Å². The normalized spacial score (nSPS) is 20.3. The number of aromatic nitrogens is 1. The van der Waals surface area contributed by atoms with Crippen LogP contribution in [0.15, 0.2) is 34.9 Å². The van der Waals surface area contributed by atoms with Gasteiger partial charge in [-0.3, -0.25) is 9.59 Å². The Hall–Kier alpha value is -3.35. The van der Waals surface area contributed by atoms with Crippen LogP contribution in [0.3, 0.4) is 0 Å². The predicted molar refractivity (Wildman–Crippen MR) is 114 cm³/mol. The minimum absolute atomic E-state index is 0.147. The number of piperidine rings is 1. The van der Waals surface area contributed by atoms with E-state index in [2.05, 4.69) is 29.2 Å². The van der Waals surface area contributed by atoms with Crippen molar-refractivity contribution < 1.29 is 19.2 Å². The first kappa shape index (κ1) is 18.7. The van der Waals surface area contributed by atoms with Gasteiger partial charge in [-0.2, -0.15) is 0 Å². The molecule has 1 aliphatic heterocycles. The standard InChI is InChI=1S/C23H23N3O4/c1-12-7-13(2)11-26(10-12)17-8-16(24-9-18(27)28)19-20-21(17)25-30-23(20)15-6-4-3-5-14(15)22(19)29/h3-6,8,12-13,24H,7,9-11H2,1-2H3,(H,27,28)/t12-,13+. The summed E-state index contributed by atoms with van der Waals surface area (Å²) in [5.74, 6) is 0.485. The fourth-order valence-corrected chi connectivity index (χ4v) is 4.95. The molecule has 2 atom stereocenters. The van der Waals surface area contributed by atoms with E-state index >= 15 is 0 Å². The largest absolute Gasteiger partial charge is 0.480 e. The number of anilines is 2. The van der Waals surface area contributed by atoms with Gasteiger partial charge in [-0.05, 0) is 24.3 Å². The molecule has 2 aliphatic rings. The number of aliphatic carboxylic acids is 1. The van der Waals surface area contributed by atoms with E-state index in [0.29, 0.717) is 45.3 Å². The van der Waals surface area contributed by atoms with E-state index in [-0.39, 0.29) is 12.3 Å². The molecular weight excluding hydrogens is 382 g/mol. The molecule has 1 fully saturated rings. The highest BCUT2D eigenvalue weighted by Crippen LogP contribution is 2.46. The highest BCUT2D eigenvalue weighted by Gasteiger charge is 2.34. The number of carbonyl (C=O) groups is 2. The number of fused-ring (bicyclic) bond motifs is 2. The summed E-state index contributed by atoms with van der Waals surface area (Å²) in [5.41, 5.74) is 3.73. The van der Waals surface area contributed by atoms with Crippen molar-refractivity contribution in [3.05, 3.63) is 41.5 Å². The molecule has 0 bridgehead atoms. The number of nitrogens with zero attached hydrogens (tertiary/aromatic N) is 2. The Morgan fingerprint density at radius 3 is 2.63 bits per heavy atom. The second-order valence-corrected chi connectivity index (χ2v) is 8.53. The average molecular weight is 405 g/mol. The van der Waals surface area contributed by atoms with E-state index in [1.807, 2.05) is 24.3 Å². The van der Waals surface area contributed by atoms with Crippen LogP contribution in [-0.4, -0.2) is 41.7 Å². The molecular formula is C23H23N3O4. The molecule has 5 rings (SSSR count). The zero-order valence-electron chi connectivity index (χ0n) is 16.9. The maximum absolute atomic E-state index is 13.4. The molecule has 0 unspecified atom stereocenters. The first-order valence-electron chi connectivity index (χ1n) is 10.2. The molecule has 2 N–H and O–H groups in total. The van der Waals surface area contributed by atoms with Gasteiger partial charge in [0.15, 0.2) is 11.5 Å². The van der Waals surface area contributed by atoms with Crippen LogP contribution in [-0.2, 0) is 4.79 Å². The first-order chi connectivity index (χ1) is 14.4. The Balaban J connectivity index is 1.76. The van der Waals surface area contributed by atoms with Crippen molar-refractivity contribution in [2.24, 2.45) is 11.8 Å². The van der Waals surface area contributed by atoms with Gasteiger partial charge < -0.3 is 19.8 Å². The monoisotopic (exact) mass is 405 g/mol. The maximum Gasteiger partial charge on any atom is 0.322 e. The van der Waals surface area contributed by atoms with Crippen molar-refractivity contribution in [3.8, 4) is 11.3 Å². The summed E-state index contributed by atoms with van der Waals surface area (Å²) in [5, 5.41) is 17.2. The summed E-state index contributed by atoms with van der Waals surface area (Å²) >= 11 is 0. The van der Waals surface area contributed by atoms with Gasteiger partial charge in [0.25, 0.3) is 0 Å². The summed E-state index contributed by atoms with van der Waals surface area (Å²) in [7, 11) is 0. The molecule has 2 heterocycles. The highest BCUT2D eigenvalue weighted by molar-refractivity contribution is 6.28. The fraction of sp³-hybridized carbons (Fsp3) is 0.348. The number of hydrogen-bond donors (Lipinski definition) is 2. The molecule has 0 radical (unpaired) electrons. The molecule has 0 saturated carbocycles. The van der Waals surface area contributed by atoms with Gasteiger partial charge in [-0.1, -0.05) is 43.3 Å². The zero-order chi connectivity index (χ0) is 21.0. The van der Waals surface area contributed by atoms with Crippen molar-refractivity contribution in [3.63, 3.8) is 0 Å². The number of carboxylic acids is 1. The number of benzene rings is 2. The van der Waals surface area contributed by atoms with E-state index < -0.39 is 5.97 Å². The summed E-state index contributed by atoms with van der Waals surface area (Å²) in [6.07, 6.45) is 1.16. The lowest BCUT2D eigenvalue weighted by Gasteiger charge is -2.37. The average Bonchev–Trinajstić information content (AvgIpc) is 3.15. The third-order valence-corrected chi connectivity index (χ3v) is 6.02. The number of carboxylic acid groups (broad SMARTS) is 1. The van der Waals surface area contributed by atoms with Crippen LogP contribution in [0.1, 0.15) is 36.2 Å². The quantitative estimate of drug-likeness (QED) is 0.529. The minimum Gasteiger partial charge on any atom is -0.480 e. The fourth-order valence-electron chi connectivity index (χ4n) is 4.95. The number of nitrogens with one attached hydrogen (secondary N) is 1. The summed E-state index contributed by atoms with van der Waals surface area (Å²) in [4.78, 5) is 26.9. The summed E-state index contributed by atoms with van der Waals surface area (Å²) in [6.45, 7) is 5.94. The van der Waals surface area contributed by atoms with Crippen molar-refractivity contribution in [2.75, 3.05) is 29.9 Å². The van der Waals surface area contributed by atoms with Gasteiger partial charge >= 0.3 is 5.97 Å². The van der Waals surface area contributed by atoms with Crippen LogP contribution in [0, 0.1) is 11.8 Å². The number of rotatable bonds is 4. The maximum atomic E-state index is 13.4. The highest BCUT2D eigenvalue weighted by atomic mass is 16.5. The topological polar surface area (TPSA) is 95.7 Å². The summed E-state index contributed by atoms with van der Waals surface area (Å²) < 4.78 is 5.76. The summed E-state index contributed by atoms with van der Waals surface area (Å²) in [6, 6.07) is 9.16. The van der Waals surface area contributed by atoms with Gasteiger partial charge in [-0.25, -0.2) is 0 Å². The smallest absolute Gasteiger partial charge is 0.322 e. The van der Waals surface area contributed by atoms with Crippen molar-refractivity contribution in [2.45, 2.75) is 20.3 Å². The van der Waals surface area contributed by atoms with E-state index in [4.69, 9.17) is 4.52 Å². The van der Waals surface area contributed by atoms with Gasteiger partial charge in [-0.15, -0.1) is 0 Å². The SMILES string of the molecule is C[C@@H]1C[C@H](C)CN(c2cc(NCC(=O)O)c3c4c(onc24)-c2ccccc2C3=O)C1. The Labute approximate surface area is 173 Å². The Morgan fingerprint density at radius 1 is 1.23 bits per heavy atom. The van der Waals surface area contributed by atoms with Gasteiger partial charge in [0.05, 0.1) is 16.6 Å². The van der Waals surface area contributed by atoms with Crippen LogP contribution in [0.4, 0.5) is 11.4 Å². The second kappa shape index (κ2) is 6.86. The van der Waals surface area contributed by atoms with Crippen LogP contribution < -0.4 is 10.2 Å². The molecule has 30 heavy (non-hydrogen) atoms. The molecule has 1 saturated heterocycles. The molecule has 1 aromatic heterocycles. The van der Waals surface area contributed by atoms with Crippen molar-refractivity contribution in [1.29, 1.82) is 0 Å². The van der Waals surface area contributed by atoms with Gasteiger partial charge in [0, 0.05) is 29.9 Å². The third kappa shape index (κ3) is 2.84. The lowest BCUT2D eigenvalue weighted by Crippen LogP contribution is -2.39. The second-order valence-electron chi connectivity index (χ2n) is 8.53. The van der Waals surface area contributed by atoms with E-state index in [9.17, 15) is 14.7 Å². The molecule has 7 heteroatoms. The Morgan fingerprint density at radius 2 is 1.93 bits per heavy atom. The molecule has 1 aliphatic carbocycles. The van der Waals surface area contributed by atoms with E-state index in [1.165, 1.54) is 0 Å². The van der Waals surface area contributed by atoms with Crippen LogP contribution in [0.5, 0.6) is 0 Å². The van der Waals surface area contributed by atoms with Crippen molar-refractivity contribution in [1.82, 2.24) is 5.16 Å². The van der Waals surface area contributed by atoms with E-state index in [1.54, 1.807) is 6.07 Å². The van der Waals surface area contributed by atoms with Crippen molar-refractivity contribution >= 4 is 34.0 Å². The van der Waals surface area contributed by atoms with Crippen LogP contribution in [0.25, 0.3) is 22.2 Å². The minimum atomic E-state index is -0.988. The first-order valence-corrected chi connectivity index (χ1v) is 10.2. The lowest BCUT2D eigenvalue weighted by atomic mass is 9.85. The number of ketones is 1. The number of carbonyl (C=O) groups excluding carboxylic acids is 1. The zero-order valence-corrected chi connectivity index (χ0v) is 16.9. The third-order valence-electron chi connectivity index (χ3n) is 6.02. The Bertz CT molecular complexity index is 1170. The molecule has 2 aromatic carbocycles. The van der Waals surface area contributed by atoms with Crippen LogP contribution >= 0.6 is 0 Å². The number of hydrogen-bond acceptors (Lipinski definition) is 6. The molecule has 3 aromatic rings. The van der Waals surface area contributed by atoms with E-state index in [0.717, 1.165) is 30.8 Å².